The fraction of sp³-hybridized carbons (Fsp3) is 0.261. The van der Waals surface area contributed by atoms with Gasteiger partial charge in [-0.25, -0.2) is 9.07 Å². The zero-order valence-corrected chi connectivity index (χ0v) is 18.1. The molecule has 3 aromatic rings. The summed E-state index contributed by atoms with van der Waals surface area (Å²) in [6, 6.07) is 11.1. The third-order valence-electron chi connectivity index (χ3n) is 5.07. The minimum Gasteiger partial charge on any atom is -0.496 e. The van der Waals surface area contributed by atoms with Gasteiger partial charge in [-0.3, -0.25) is 4.79 Å². The molecule has 9 heteroatoms. The smallest absolute Gasteiger partial charge is 0.251 e. The van der Waals surface area contributed by atoms with E-state index >= 15 is 0 Å². The van der Waals surface area contributed by atoms with Crippen molar-refractivity contribution < 1.29 is 18.7 Å². The van der Waals surface area contributed by atoms with Crippen molar-refractivity contribution in [2.24, 2.45) is 0 Å². The number of carbonyl (C=O) groups excluding carboxylic acids is 1. The van der Waals surface area contributed by atoms with Gasteiger partial charge in [0.2, 0.25) is 0 Å². The Morgan fingerprint density at radius 1 is 1.22 bits per heavy atom. The molecule has 0 aliphatic rings. The fourth-order valence-corrected chi connectivity index (χ4v) is 3.33. The second-order valence-electron chi connectivity index (χ2n) is 7.07. The lowest BCUT2D eigenvalue weighted by Crippen LogP contribution is -2.25. The van der Waals surface area contributed by atoms with Crippen molar-refractivity contribution in [3.63, 3.8) is 0 Å². The first-order chi connectivity index (χ1) is 15.4. The van der Waals surface area contributed by atoms with E-state index in [2.05, 4.69) is 16.5 Å². The molecule has 8 nitrogen and oxygen atoms in total. The lowest BCUT2D eigenvalue weighted by molar-refractivity contribution is 0.0952. The molecule has 1 heterocycles. The largest absolute Gasteiger partial charge is 0.496 e. The third-order valence-corrected chi connectivity index (χ3v) is 5.07. The van der Waals surface area contributed by atoms with Gasteiger partial charge in [-0.15, -0.1) is 0 Å². The van der Waals surface area contributed by atoms with Crippen LogP contribution >= 0.6 is 0 Å². The number of rotatable bonds is 8. The van der Waals surface area contributed by atoms with Gasteiger partial charge in [0.1, 0.15) is 34.8 Å². The van der Waals surface area contributed by atoms with Gasteiger partial charge in [0.25, 0.3) is 5.91 Å². The number of nitrogen functional groups attached to an aromatic ring is 1. The number of nitrogens with one attached hydrogen (secondary N) is 1. The summed E-state index contributed by atoms with van der Waals surface area (Å²) < 4.78 is 25.2. The number of anilines is 1. The molecule has 3 rings (SSSR count). The maximum Gasteiger partial charge on any atom is 0.251 e. The van der Waals surface area contributed by atoms with Crippen LogP contribution < -0.4 is 20.5 Å². The number of amides is 1. The Bertz CT molecular complexity index is 1140. The summed E-state index contributed by atoms with van der Waals surface area (Å²) in [5.41, 5.74) is 8.65. The molecule has 0 bridgehead atoms. The van der Waals surface area contributed by atoms with Crippen LogP contribution in [0.2, 0.25) is 0 Å². The molecule has 0 atom stereocenters. The molecule has 0 aliphatic carbocycles. The minimum atomic E-state index is -0.375. The number of nitrogens with two attached hydrogens (primary N) is 1. The predicted molar refractivity (Wildman–Crippen MR) is 118 cm³/mol. The third kappa shape index (κ3) is 4.64. The first kappa shape index (κ1) is 22.6. The van der Waals surface area contributed by atoms with Crippen molar-refractivity contribution in [2.45, 2.75) is 19.8 Å². The van der Waals surface area contributed by atoms with Gasteiger partial charge in [-0.1, -0.05) is 0 Å². The molecule has 0 spiro atoms. The van der Waals surface area contributed by atoms with E-state index in [0.717, 1.165) is 5.56 Å². The van der Waals surface area contributed by atoms with E-state index in [0.29, 0.717) is 47.8 Å². The van der Waals surface area contributed by atoms with Crippen molar-refractivity contribution in [2.75, 3.05) is 26.5 Å². The van der Waals surface area contributed by atoms with Gasteiger partial charge in [0.05, 0.1) is 25.6 Å². The number of aryl methyl sites for hydroxylation is 1. The summed E-state index contributed by atoms with van der Waals surface area (Å²) in [6.07, 6.45) is 0.975. The topological polar surface area (TPSA) is 115 Å². The molecule has 0 radical (unpaired) electrons. The molecule has 166 valence electrons. The van der Waals surface area contributed by atoms with Gasteiger partial charge in [-0.05, 0) is 56.2 Å². The molecule has 0 fully saturated rings. The first-order valence-corrected chi connectivity index (χ1v) is 9.93. The summed E-state index contributed by atoms with van der Waals surface area (Å²) >= 11 is 0. The van der Waals surface area contributed by atoms with Crippen molar-refractivity contribution in [1.29, 1.82) is 5.26 Å². The Hall–Kier alpha value is -4.06. The van der Waals surface area contributed by atoms with Crippen LogP contribution in [0.25, 0.3) is 5.69 Å². The van der Waals surface area contributed by atoms with E-state index in [-0.39, 0.29) is 23.1 Å². The highest BCUT2D eigenvalue weighted by Gasteiger charge is 2.17. The normalized spacial score (nSPS) is 10.5. The molecular weight excluding hydrogens is 413 g/mol. The van der Waals surface area contributed by atoms with Gasteiger partial charge in [0.15, 0.2) is 0 Å². The second-order valence-corrected chi connectivity index (χ2v) is 7.07. The van der Waals surface area contributed by atoms with Crippen molar-refractivity contribution in [1.82, 2.24) is 15.1 Å². The molecule has 32 heavy (non-hydrogen) atoms. The predicted octanol–water partition coefficient (Wildman–Crippen LogP) is 3.15. The molecule has 0 unspecified atom stereocenters. The first-order valence-electron chi connectivity index (χ1n) is 9.93. The van der Waals surface area contributed by atoms with Crippen LogP contribution in [-0.2, 0) is 6.42 Å². The van der Waals surface area contributed by atoms with E-state index in [4.69, 9.17) is 15.2 Å². The summed E-state index contributed by atoms with van der Waals surface area (Å²) in [5, 5.41) is 16.7. The number of hydrogen-bond donors (Lipinski definition) is 2. The summed E-state index contributed by atoms with van der Waals surface area (Å²) in [5.74, 6) is 0.681. The Kier molecular flexibility index (Phi) is 6.95. The quantitative estimate of drug-likeness (QED) is 0.523. The van der Waals surface area contributed by atoms with Crippen molar-refractivity contribution in [3.05, 3.63) is 64.6 Å². The van der Waals surface area contributed by atoms with Crippen molar-refractivity contribution >= 4 is 11.7 Å². The van der Waals surface area contributed by atoms with E-state index in [1.807, 2.05) is 6.92 Å². The monoisotopic (exact) mass is 437 g/mol. The van der Waals surface area contributed by atoms with Crippen molar-refractivity contribution in [3.8, 4) is 23.3 Å². The van der Waals surface area contributed by atoms with Gasteiger partial charge in [0, 0.05) is 17.7 Å². The SMILES string of the molecule is COc1cc(C(=O)NCCCc2nn(-c3ccc(F)cc3)c(N)c2C#N)cc(OC)c1C. The Morgan fingerprint density at radius 2 is 1.84 bits per heavy atom. The Morgan fingerprint density at radius 3 is 2.41 bits per heavy atom. The second kappa shape index (κ2) is 9.83. The number of carbonyl (C=O) groups is 1. The molecular formula is C23H24FN5O3. The van der Waals surface area contributed by atoms with E-state index < -0.39 is 0 Å². The van der Waals surface area contributed by atoms with E-state index in [9.17, 15) is 14.4 Å². The average molecular weight is 437 g/mol. The standard InChI is InChI=1S/C23H24FN5O3/c1-14-20(31-2)11-15(12-21(14)32-3)23(30)27-10-4-5-19-18(13-25)22(26)29(28-19)17-8-6-16(24)7-9-17/h6-9,11-12H,4-5,10,26H2,1-3H3,(H,27,30). The zero-order chi connectivity index (χ0) is 23.3. The lowest BCUT2D eigenvalue weighted by atomic mass is 10.1. The molecule has 1 aromatic heterocycles. The highest BCUT2D eigenvalue weighted by molar-refractivity contribution is 5.95. The van der Waals surface area contributed by atoms with Crippen LogP contribution in [0.3, 0.4) is 0 Å². The summed E-state index contributed by atoms with van der Waals surface area (Å²) in [4.78, 5) is 12.6. The number of methoxy groups -OCH3 is 2. The molecule has 2 aromatic carbocycles. The summed E-state index contributed by atoms with van der Waals surface area (Å²) in [7, 11) is 3.07. The fourth-order valence-electron chi connectivity index (χ4n) is 3.33. The molecule has 0 aliphatic heterocycles. The highest BCUT2D eigenvalue weighted by Crippen LogP contribution is 2.29. The highest BCUT2D eigenvalue weighted by atomic mass is 19.1. The van der Waals surface area contributed by atoms with Crippen LogP contribution in [0, 0.1) is 24.1 Å². The average Bonchev–Trinajstić information content (AvgIpc) is 3.12. The van der Waals surface area contributed by atoms with Crippen LogP contribution in [0.15, 0.2) is 36.4 Å². The summed E-state index contributed by atoms with van der Waals surface area (Å²) in [6.45, 7) is 2.22. The van der Waals surface area contributed by atoms with E-state index in [1.54, 1.807) is 12.1 Å². The Labute approximate surface area is 185 Å². The van der Waals surface area contributed by atoms with Crippen LogP contribution in [0.1, 0.15) is 33.6 Å². The van der Waals surface area contributed by atoms with Gasteiger partial charge < -0.3 is 20.5 Å². The molecule has 3 N–H and O–H groups in total. The number of aromatic nitrogens is 2. The number of nitrogens with zero attached hydrogens (tertiary/aromatic N) is 3. The molecule has 1 amide bonds. The maximum atomic E-state index is 13.2. The number of ether oxygens (including phenoxy) is 2. The van der Waals surface area contributed by atoms with Gasteiger partial charge in [-0.2, -0.15) is 10.4 Å². The van der Waals surface area contributed by atoms with Crippen LogP contribution in [-0.4, -0.2) is 36.5 Å². The van der Waals surface area contributed by atoms with Gasteiger partial charge >= 0.3 is 0 Å². The van der Waals surface area contributed by atoms with Crippen LogP contribution in [0.5, 0.6) is 11.5 Å². The lowest BCUT2D eigenvalue weighted by Gasteiger charge is -2.12. The number of benzene rings is 2. The zero-order valence-electron chi connectivity index (χ0n) is 18.1. The van der Waals surface area contributed by atoms with Crippen LogP contribution in [0.4, 0.5) is 10.2 Å². The number of halogens is 1. The maximum absolute atomic E-state index is 13.2. The Balaban J connectivity index is 1.66. The number of nitriles is 1. The van der Waals surface area contributed by atoms with E-state index in [1.165, 1.54) is 43.2 Å². The number of hydrogen-bond acceptors (Lipinski definition) is 6. The molecule has 0 saturated heterocycles. The molecule has 0 saturated carbocycles. The minimum absolute atomic E-state index is 0.192.